The number of hydrogen-bond acceptors (Lipinski definition) is 3. The largest absolute Gasteiger partial charge is 0.302 e. The number of nitrogens with zero attached hydrogens (tertiary/aromatic N) is 1. The number of aryl methyl sites for hydroxylation is 1. The van der Waals surface area contributed by atoms with E-state index in [4.69, 9.17) is 0 Å². The van der Waals surface area contributed by atoms with Gasteiger partial charge in [-0.05, 0) is 18.1 Å². The van der Waals surface area contributed by atoms with Gasteiger partial charge in [-0.3, -0.25) is 4.98 Å². The monoisotopic (exact) mass is 189 g/mol. The Hall–Kier alpha value is -0.970. The molecule has 12 heavy (non-hydrogen) atoms. The molecule has 0 aliphatic carbocycles. The maximum absolute atomic E-state index is 12.0. The third kappa shape index (κ3) is 3.43. The second-order valence-electron chi connectivity index (χ2n) is 2.35. The van der Waals surface area contributed by atoms with Crippen LogP contribution in [0, 0.1) is 0 Å². The summed E-state index contributed by atoms with van der Waals surface area (Å²) in [5, 5.41) is 0. The van der Waals surface area contributed by atoms with Crippen LogP contribution in [0.4, 0.5) is 3.89 Å². The molecule has 0 fully saturated rings. The average Bonchev–Trinajstić information content (AvgIpc) is 2.02. The Morgan fingerprint density at radius 2 is 2.25 bits per heavy atom. The lowest BCUT2D eigenvalue weighted by Crippen LogP contribution is -2.01. The van der Waals surface area contributed by atoms with Crippen molar-refractivity contribution in [3.8, 4) is 0 Å². The van der Waals surface area contributed by atoms with Crippen LogP contribution in [-0.4, -0.2) is 19.2 Å². The lowest BCUT2D eigenvalue weighted by molar-refractivity contribution is 0.551. The van der Waals surface area contributed by atoms with E-state index in [-0.39, 0.29) is 6.42 Å². The summed E-state index contributed by atoms with van der Waals surface area (Å²) in [5.41, 5.74) is 0.721. The molecule has 0 saturated heterocycles. The van der Waals surface area contributed by atoms with E-state index in [1.165, 1.54) is 6.20 Å². The first-order chi connectivity index (χ1) is 5.58. The molecular weight excluding hydrogens is 181 g/mol. The molecule has 1 rings (SSSR count). The third-order valence-corrected chi connectivity index (χ3v) is 2.05. The SMILES string of the molecule is O=S(=O)(F)CCc1cccnc1. The summed E-state index contributed by atoms with van der Waals surface area (Å²) in [4.78, 5) is 3.77. The minimum absolute atomic E-state index is 0.173. The van der Waals surface area contributed by atoms with E-state index in [1.54, 1.807) is 18.3 Å². The van der Waals surface area contributed by atoms with Gasteiger partial charge >= 0.3 is 10.2 Å². The van der Waals surface area contributed by atoms with Crippen LogP contribution in [-0.2, 0) is 16.6 Å². The number of hydrogen-bond donors (Lipinski definition) is 0. The lowest BCUT2D eigenvalue weighted by atomic mass is 10.2. The summed E-state index contributed by atoms with van der Waals surface area (Å²) in [7, 11) is -4.35. The van der Waals surface area contributed by atoms with Crippen LogP contribution in [0.2, 0.25) is 0 Å². The van der Waals surface area contributed by atoms with Crippen molar-refractivity contribution in [2.45, 2.75) is 6.42 Å². The fourth-order valence-corrected chi connectivity index (χ4v) is 1.27. The first-order valence-electron chi connectivity index (χ1n) is 3.39. The summed E-state index contributed by atoms with van der Waals surface area (Å²) >= 11 is 0. The van der Waals surface area contributed by atoms with E-state index in [0.717, 1.165) is 5.56 Å². The third-order valence-electron chi connectivity index (χ3n) is 1.36. The zero-order chi connectivity index (χ0) is 9.03. The highest BCUT2D eigenvalue weighted by atomic mass is 32.3. The minimum atomic E-state index is -4.35. The quantitative estimate of drug-likeness (QED) is 0.664. The molecule has 5 heteroatoms. The van der Waals surface area contributed by atoms with E-state index in [9.17, 15) is 12.3 Å². The highest BCUT2D eigenvalue weighted by Gasteiger charge is 2.06. The highest BCUT2D eigenvalue weighted by Crippen LogP contribution is 2.00. The highest BCUT2D eigenvalue weighted by molar-refractivity contribution is 7.86. The van der Waals surface area contributed by atoms with Crippen molar-refractivity contribution in [3.05, 3.63) is 30.1 Å². The van der Waals surface area contributed by atoms with Crippen molar-refractivity contribution in [1.29, 1.82) is 0 Å². The van der Waals surface area contributed by atoms with E-state index >= 15 is 0 Å². The van der Waals surface area contributed by atoms with E-state index in [2.05, 4.69) is 4.98 Å². The number of aromatic nitrogens is 1. The summed E-state index contributed by atoms with van der Waals surface area (Å²) in [6.45, 7) is 0. The van der Waals surface area contributed by atoms with Crippen molar-refractivity contribution in [3.63, 3.8) is 0 Å². The van der Waals surface area contributed by atoms with E-state index in [0.29, 0.717) is 0 Å². The van der Waals surface area contributed by atoms with Crippen molar-refractivity contribution >= 4 is 10.2 Å². The Balaban J connectivity index is 2.56. The summed E-state index contributed by atoms with van der Waals surface area (Å²) < 4.78 is 32.3. The maximum atomic E-state index is 12.0. The van der Waals surface area contributed by atoms with Gasteiger partial charge in [0.1, 0.15) is 0 Å². The van der Waals surface area contributed by atoms with Gasteiger partial charge in [0.2, 0.25) is 0 Å². The predicted molar refractivity (Wildman–Crippen MR) is 42.8 cm³/mol. The smallest absolute Gasteiger partial charge is 0.264 e. The van der Waals surface area contributed by atoms with Gasteiger partial charge in [0.15, 0.2) is 0 Å². The lowest BCUT2D eigenvalue weighted by Gasteiger charge is -1.95. The molecule has 3 nitrogen and oxygen atoms in total. The van der Waals surface area contributed by atoms with Gasteiger partial charge in [0.25, 0.3) is 0 Å². The first-order valence-corrected chi connectivity index (χ1v) is 4.94. The van der Waals surface area contributed by atoms with E-state index in [1.807, 2.05) is 0 Å². The van der Waals surface area contributed by atoms with Gasteiger partial charge in [-0.15, -0.1) is 3.89 Å². The van der Waals surface area contributed by atoms with E-state index < -0.39 is 16.0 Å². The fourth-order valence-electron chi connectivity index (χ4n) is 0.786. The van der Waals surface area contributed by atoms with Crippen molar-refractivity contribution in [2.24, 2.45) is 0 Å². The minimum Gasteiger partial charge on any atom is -0.264 e. The van der Waals surface area contributed by atoms with Crippen molar-refractivity contribution in [1.82, 2.24) is 4.98 Å². The normalized spacial score (nSPS) is 11.4. The summed E-state index contributed by atoms with van der Waals surface area (Å²) in [5.74, 6) is -0.474. The van der Waals surface area contributed by atoms with Crippen LogP contribution in [0.3, 0.4) is 0 Å². The van der Waals surface area contributed by atoms with Gasteiger partial charge in [-0.25, -0.2) is 0 Å². The molecule has 0 atom stereocenters. The Morgan fingerprint density at radius 3 is 2.75 bits per heavy atom. The van der Waals surface area contributed by atoms with Gasteiger partial charge in [0.05, 0.1) is 5.75 Å². The number of halogens is 1. The standard InChI is InChI=1S/C7H8FNO2S/c8-12(10,11)5-3-7-2-1-4-9-6-7/h1-2,4,6H,3,5H2. The molecular formula is C7H8FNO2S. The van der Waals surface area contributed by atoms with Crippen LogP contribution in [0.5, 0.6) is 0 Å². The van der Waals surface area contributed by atoms with Gasteiger partial charge in [-0.1, -0.05) is 6.07 Å². The second-order valence-corrected chi connectivity index (χ2v) is 3.84. The molecule has 1 heterocycles. The molecule has 0 aliphatic heterocycles. The van der Waals surface area contributed by atoms with Crippen LogP contribution in [0.25, 0.3) is 0 Å². The fraction of sp³-hybridized carbons (Fsp3) is 0.286. The Labute approximate surface area is 70.5 Å². The zero-order valence-electron chi connectivity index (χ0n) is 6.27. The van der Waals surface area contributed by atoms with Crippen LogP contribution >= 0.6 is 0 Å². The summed E-state index contributed by atoms with van der Waals surface area (Å²) in [6, 6.07) is 3.39. The summed E-state index contributed by atoms with van der Waals surface area (Å²) in [6.07, 6.45) is 3.27. The Kier molecular flexibility index (Phi) is 2.75. The molecule has 0 aliphatic rings. The number of pyridine rings is 1. The molecule has 0 unspecified atom stereocenters. The molecule has 0 spiro atoms. The van der Waals surface area contributed by atoms with Gasteiger partial charge in [0, 0.05) is 12.4 Å². The average molecular weight is 189 g/mol. The maximum Gasteiger partial charge on any atom is 0.302 e. The van der Waals surface area contributed by atoms with Crippen LogP contribution in [0.1, 0.15) is 5.56 Å². The zero-order valence-corrected chi connectivity index (χ0v) is 7.09. The Bertz CT molecular complexity index is 336. The van der Waals surface area contributed by atoms with Crippen LogP contribution < -0.4 is 0 Å². The number of rotatable bonds is 3. The molecule has 1 aromatic heterocycles. The van der Waals surface area contributed by atoms with Crippen molar-refractivity contribution < 1.29 is 12.3 Å². The molecule has 1 aromatic rings. The van der Waals surface area contributed by atoms with Crippen LogP contribution in [0.15, 0.2) is 24.5 Å². The second kappa shape index (κ2) is 3.62. The molecule has 0 aromatic carbocycles. The predicted octanol–water partition coefficient (Wildman–Crippen LogP) is 0.923. The molecule has 66 valence electrons. The molecule has 0 radical (unpaired) electrons. The molecule has 0 amide bonds. The van der Waals surface area contributed by atoms with Crippen molar-refractivity contribution in [2.75, 3.05) is 5.75 Å². The Morgan fingerprint density at radius 1 is 1.50 bits per heavy atom. The topological polar surface area (TPSA) is 47.0 Å². The molecule has 0 N–H and O–H groups in total. The molecule has 0 saturated carbocycles. The van der Waals surface area contributed by atoms with Gasteiger partial charge in [-0.2, -0.15) is 8.42 Å². The first kappa shape index (κ1) is 9.12. The molecule has 0 bridgehead atoms. The van der Waals surface area contributed by atoms with Gasteiger partial charge < -0.3 is 0 Å².